The lowest BCUT2D eigenvalue weighted by molar-refractivity contribution is 0.101. The zero-order valence-corrected chi connectivity index (χ0v) is 15.0. The number of carbonyl (C=O) groups excluding carboxylic acids is 1. The third-order valence-corrected chi connectivity index (χ3v) is 4.13. The second kappa shape index (κ2) is 6.62. The molecule has 0 fully saturated rings. The van der Waals surface area contributed by atoms with Crippen molar-refractivity contribution in [1.29, 1.82) is 0 Å². The highest BCUT2D eigenvalue weighted by Crippen LogP contribution is 2.32. The number of carbonyl (C=O) groups is 1. The Labute approximate surface area is 140 Å². The minimum atomic E-state index is -0.223. The van der Waals surface area contributed by atoms with Crippen LogP contribution >= 0.6 is 31.9 Å². The maximum absolute atomic E-state index is 12.5. The van der Waals surface area contributed by atoms with Crippen molar-refractivity contribution in [2.24, 2.45) is 0 Å². The summed E-state index contributed by atoms with van der Waals surface area (Å²) in [4.78, 5) is 12.5. The maximum atomic E-state index is 12.5. The number of rotatable bonds is 4. The predicted octanol–water partition coefficient (Wildman–Crippen LogP) is 3.82. The highest BCUT2D eigenvalue weighted by atomic mass is 79.9. The summed E-state index contributed by atoms with van der Waals surface area (Å²) in [6, 6.07) is 5.39. The van der Waals surface area contributed by atoms with E-state index in [9.17, 15) is 4.79 Å². The van der Waals surface area contributed by atoms with Crippen LogP contribution in [0.5, 0.6) is 0 Å². The fourth-order valence-corrected chi connectivity index (χ4v) is 3.33. The lowest BCUT2D eigenvalue weighted by Gasteiger charge is -2.11. The van der Waals surface area contributed by atoms with E-state index in [4.69, 9.17) is 5.73 Å². The number of aryl methyl sites for hydroxylation is 2. The molecule has 2 rings (SSSR count). The lowest BCUT2D eigenvalue weighted by Crippen LogP contribution is -2.18. The molecular weight excluding hydrogens is 400 g/mol. The third-order valence-electron chi connectivity index (χ3n) is 3.05. The van der Waals surface area contributed by atoms with Crippen molar-refractivity contribution in [3.63, 3.8) is 0 Å². The summed E-state index contributed by atoms with van der Waals surface area (Å²) in [6.07, 6.45) is 0.789. The molecule has 1 heterocycles. The summed E-state index contributed by atoms with van der Waals surface area (Å²) in [5.74, 6) is -0.223. The average molecular weight is 416 g/mol. The first-order chi connectivity index (χ1) is 9.96. The summed E-state index contributed by atoms with van der Waals surface area (Å²) < 4.78 is 3.26. The van der Waals surface area contributed by atoms with Gasteiger partial charge >= 0.3 is 0 Å². The van der Waals surface area contributed by atoms with Crippen LogP contribution in [0.2, 0.25) is 0 Å². The Morgan fingerprint density at radius 1 is 1.33 bits per heavy atom. The van der Waals surface area contributed by atoms with E-state index in [0.717, 1.165) is 21.1 Å². The first-order valence-corrected chi connectivity index (χ1v) is 8.17. The molecule has 0 saturated heterocycles. The molecule has 112 valence electrons. The van der Waals surface area contributed by atoms with Crippen LogP contribution < -0.4 is 11.1 Å². The van der Waals surface area contributed by atoms with Crippen molar-refractivity contribution in [1.82, 2.24) is 9.78 Å². The van der Waals surface area contributed by atoms with Gasteiger partial charge in [-0.2, -0.15) is 5.10 Å². The van der Waals surface area contributed by atoms with E-state index >= 15 is 0 Å². The summed E-state index contributed by atoms with van der Waals surface area (Å²) in [5.41, 5.74) is 8.43. The van der Waals surface area contributed by atoms with Crippen LogP contribution in [-0.2, 0) is 13.0 Å². The SMILES string of the molecule is CCc1cc(C(=O)Nc2c(N)cc(Br)cc2Br)n(CC)n1. The molecule has 0 aliphatic rings. The third kappa shape index (κ3) is 3.47. The normalized spacial score (nSPS) is 10.7. The number of nitrogens with zero attached hydrogens (tertiary/aromatic N) is 2. The van der Waals surface area contributed by atoms with Crippen molar-refractivity contribution in [2.45, 2.75) is 26.8 Å². The van der Waals surface area contributed by atoms with E-state index in [-0.39, 0.29) is 5.91 Å². The fourth-order valence-electron chi connectivity index (χ4n) is 1.97. The molecule has 21 heavy (non-hydrogen) atoms. The number of anilines is 2. The zero-order valence-electron chi connectivity index (χ0n) is 11.8. The maximum Gasteiger partial charge on any atom is 0.274 e. The van der Waals surface area contributed by atoms with Gasteiger partial charge in [-0.05, 0) is 47.5 Å². The number of nitrogen functional groups attached to an aromatic ring is 1. The van der Waals surface area contributed by atoms with Crippen LogP contribution in [0.1, 0.15) is 30.0 Å². The molecule has 1 amide bonds. The van der Waals surface area contributed by atoms with Crippen molar-refractivity contribution in [2.75, 3.05) is 11.1 Å². The average Bonchev–Trinajstić information content (AvgIpc) is 2.86. The number of amides is 1. The van der Waals surface area contributed by atoms with Gasteiger partial charge in [0.15, 0.2) is 0 Å². The summed E-state index contributed by atoms with van der Waals surface area (Å²) in [5, 5.41) is 7.22. The molecule has 0 atom stereocenters. The number of halogens is 2. The molecule has 1 aromatic heterocycles. The standard InChI is InChI=1S/C14H16Br2N4O/c1-3-9-7-12(20(4-2)19-9)14(21)18-13-10(16)5-8(15)6-11(13)17/h5-7H,3-4,17H2,1-2H3,(H,18,21). The van der Waals surface area contributed by atoms with Crippen molar-refractivity contribution in [3.05, 3.63) is 38.5 Å². The van der Waals surface area contributed by atoms with Crippen LogP contribution in [0.25, 0.3) is 0 Å². The minimum Gasteiger partial charge on any atom is -0.397 e. The zero-order chi connectivity index (χ0) is 15.6. The summed E-state index contributed by atoms with van der Waals surface area (Å²) in [7, 11) is 0. The quantitative estimate of drug-likeness (QED) is 0.745. The van der Waals surface area contributed by atoms with Crippen molar-refractivity contribution >= 4 is 49.1 Å². The molecule has 0 unspecified atom stereocenters. The van der Waals surface area contributed by atoms with Gasteiger partial charge in [-0.25, -0.2) is 0 Å². The molecular formula is C14H16Br2N4O. The van der Waals surface area contributed by atoms with Crippen LogP contribution in [0.3, 0.4) is 0 Å². The van der Waals surface area contributed by atoms with E-state index in [0.29, 0.717) is 23.6 Å². The monoisotopic (exact) mass is 414 g/mol. The van der Waals surface area contributed by atoms with E-state index in [2.05, 4.69) is 42.3 Å². The van der Waals surface area contributed by atoms with Gasteiger partial charge in [0.2, 0.25) is 0 Å². The van der Waals surface area contributed by atoms with Crippen molar-refractivity contribution in [3.8, 4) is 0 Å². The van der Waals surface area contributed by atoms with E-state index in [1.165, 1.54) is 0 Å². The molecule has 0 aliphatic heterocycles. The largest absolute Gasteiger partial charge is 0.397 e. The van der Waals surface area contributed by atoms with Gasteiger partial charge in [-0.15, -0.1) is 0 Å². The van der Waals surface area contributed by atoms with Crippen molar-refractivity contribution < 1.29 is 4.79 Å². The van der Waals surface area contributed by atoms with Crippen LogP contribution in [0.4, 0.5) is 11.4 Å². The molecule has 1 aromatic carbocycles. The number of nitrogens with one attached hydrogen (secondary N) is 1. The highest BCUT2D eigenvalue weighted by molar-refractivity contribution is 9.11. The van der Waals surface area contributed by atoms with Gasteiger partial charge in [0, 0.05) is 15.5 Å². The minimum absolute atomic E-state index is 0.223. The topological polar surface area (TPSA) is 72.9 Å². The predicted molar refractivity (Wildman–Crippen MR) is 91.5 cm³/mol. The Morgan fingerprint density at radius 3 is 2.62 bits per heavy atom. The number of aromatic nitrogens is 2. The van der Waals surface area contributed by atoms with Gasteiger partial charge in [-0.1, -0.05) is 22.9 Å². The number of nitrogens with two attached hydrogens (primary N) is 1. The van der Waals surface area contributed by atoms with Gasteiger partial charge in [0.05, 0.1) is 17.1 Å². The Bertz CT molecular complexity index is 659. The Hall–Kier alpha value is -1.34. The molecule has 2 aromatic rings. The molecule has 0 aliphatic carbocycles. The van der Waals surface area contributed by atoms with Gasteiger partial charge in [-0.3, -0.25) is 9.48 Å². The van der Waals surface area contributed by atoms with Crippen LogP contribution in [0, 0.1) is 0 Å². The summed E-state index contributed by atoms with van der Waals surface area (Å²) >= 11 is 6.76. The van der Waals surface area contributed by atoms with E-state index in [1.54, 1.807) is 10.7 Å². The van der Waals surface area contributed by atoms with Gasteiger partial charge in [0.25, 0.3) is 5.91 Å². The molecule has 0 spiro atoms. The first kappa shape index (κ1) is 16.0. The van der Waals surface area contributed by atoms with E-state index in [1.807, 2.05) is 26.0 Å². The molecule has 7 heteroatoms. The Morgan fingerprint density at radius 2 is 2.05 bits per heavy atom. The summed E-state index contributed by atoms with van der Waals surface area (Å²) in [6.45, 7) is 4.60. The number of hydrogen-bond acceptors (Lipinski definition) is 3. The molecule has 5 nitrogen and oxygen atoms in total. The van der Waals surface area contributed by atoms with Gasteiger partial charge < -0.3 is 11.1 Å². The van der Waals surface area contributed by atoms with Gasteiger partial charge in [0.1, 0.15) is 5.69 Å². The number of hydrogen-bond donors (Lipinski definition) is 2. The second-order valence-electron chi connectivity index (χ2n) is 4.50. The molecule has 0 saturated carbocycles. The molecule has 3 N–H and O–H groups in total. The smallest absolute Gasteiger partial charge is 0.274 e. The van der Waals surface area contributed by atoms with E-state index < -0.39 is 0 Å². The van der Waals surface area contributed by atoms with Crippen LogP contribution in [0.15, 0.2) is 27.1 Å². The first-order valence-electron chi connectivity index (χ1n) is 6.58. The highest BCUT2D eigenvalue weighted by Gasteiger charge is 2.16. The second-order valence-corrected chi connectivity index (χ2v) is 6.27. The number of benzene rings is 1. The lowest BCUT2D eigenvalue weighted by atomic mass is 10.2. The Kier molecular flexibility index (Phi) is 5.05. The molecule has 0 radical (unpaired) electrons. The van der Waals surface area contributed by atoms with Crippen LogP contribution in [-0.4, -0.2) is 15.7 Å². The fraction of sp³-hybridized carbons (Fsp3) is 0.286. The Balaban J connectivity index is 2.32. The molecule has 0 bridgehead atoms.